The summed E-state index contributed by atoms with van der Waals surface area (Å²) in [5.41, 5.74) is 4.97. The quantitative estimate of drug-likeness (QED) is 0.298. The van der Waals surface area contributed by atoms with Crippen LogP contribution in [0.1, 0.15) is 38.3 Å². The monoisotopic (exact) mass is 521 g/mol. The molecule has 0 atom stereocenters. The second-order valence-electron chi connectivity index (χ2n) is 9.28. The van der Waals surface area contributed by atoms with Gasteiger partial charge in [0.25, 0.3) is 11.8 Å². The number of carbonyl (C=O) groups excluding carboxylic acids is 2. The van der Waals surface area contributed by atoms with Crippen LogP contribution < -0.4 is 4.90 Å². The van der Waals surface area contributed by atoms with Gasteiger partial charge in [-0.05, 0) is 59.9 Å². The van der Waals surface area contributed by atoms with Gasteiger partial charge in [0.2, 0.25) is 0 Å². The summed E-state index contributed by atoms with van der Waals surface area (Å²) in [6, 6.07) is 25.9. The van der Waals surface area contributed by atoms with Crippen molar-refractivity contribution in [1.29, 1.82) is 0 Å². The highest BCUT2D eigenvalue weighted by Crippen LogP contribution is 2.30. The van der Waals surface area contributed by atoms with Crippen LogP contribution in [-0.4, -0.2) is 52.9 Å². The summed E-state index contributed by atoms with van der Waals surface area (Å²) >= 11 is 0. The molecule has 1 N–H and O–H groups in total. The van der Waals surface area contributed by atoms with E-state index in [4.69, 9.17) is 0 Å². The molecule has 2 amide bonds. The van der Waals surface area contributed by atoms with Crippen LogP contribution in [0, 0.1) is 6.92 Å². The van der Waals surface area contributed by atoms with Crippen molar-refractivity contribution in [3.8, 4) is 11.1 Å². The van der Waals surface area contributed by atoms with E-state index in [9.17, 15) is 19.5 Å². The number of aryl methyl sites for hydroxylation is 1. The van der Waals surface area contributed by atoms with Crippen molar-refractivity contribution >= 4 is 23.5 Å². The molecule has 0 aliphatic heterocycles. The Hall–Kier alpha value is -4.78. The van der Waals surface area contributed by atoms with E-state index >= 15 is 0 Å². The lowest BCUT2D eigenvalue weighted by Gasteiger charge is -2.25. The van der Waals surface area contributed by atoms with Gasteiger partial charge in [-0.2, -0.15) is 0 Å². The number of rotatable bonds is 10. The summed E-state index contributed by atoms with van der Waals surface area (Å²) in [5, 5.41) is 9.34. The number of amides is 2. The first-order chi connectivity index (χ1) is 18.9. The van der Waals surface area contributed by atoms with Gasteiger partial charge in [-0.15, -0.1) is 0 Å². The first-order valence-corrected chi connectivity index (χ1v) is 12.8. The Morgan fingerprint density at radius 1 is 0.769 bits per heavy atom. The zero-order valence-electron chi connectivity index (χ0n) is 22.1. The summed E-state index contributed by atoms with van der Waals surface area (Å²) < 4.78 is 0. The van der Waals surface area contributed by atoms with Gasteiger partial charge in [0.15, 0.2) is 0 Å². The zero-order valence-corrected chi connectivity index (χ0v) is 22.1. The largest absolute Gasteiger partial charge is 0.481 e. The predicted molar refractivity (Wildman–Crippen MR) is 152 cm³/mol. The number of aliphatic carboxylic acids is 1. The van der Waals surface area contributed by atoms with Gasteiger partial charge in [-0.1, -0.05) is 60.7 Å². The fourth-order valence-electron chi connectivity index (χ4n) is 4.52. The Morgan fingerprint density at radius 2 is 1.38 bits per heavy atom. The molecular formula is C32H31N3O4. The van der Waals surface area contributed by atoms with E-state index in [2.05, 4.69) is 4.98 Å². The summed E-state index contributed by atoms with van der Waals surface area (Å²) in [7, 11) is 1.69. The van der Waals surface area contributed by atoms with Crippen molar-refractivity contribution in [2.75, 3.05) is 25.0 Å². The molecule has 1 heterocycles. The van der Waals surface area contributed by atoms with Crippen LogP contribution in [-0.2, 0) is 11.2 Å². The molecule has 39 heavy (non-hydrogen) atoms. The second kappa shape index (κ2) is 12.6. The number of anilines is 1. The average molecular weight is 522 g/mol. The van der Waals surface area contributed by atoms with E-state index in [1.807, 2.05) is 55.5 Å². The second-order valence-corrected chi connectivity index (χ2v) is 9.28. The highest BCUT2D eigenvalue weighted by molar-refractivity contribution is 6.11. The lowest BCUT2D eigenvalue weighted by Crippen LogP contribution is -2.35. The number of hydrogen-bond acceptors (Lipinski definition) is 4. The van der Waals surface area contributed by atoms with Gasteiger partial charge in [-0.25, -0.2) is 0 Å². The van der Waals surface area contributed by atoms with Gasteiger partial charge in [0, 0.05) is 37.5 Å². The maximum Gasteiger partial charge on any atom is 0.305 e. The van der Waals surface area contributed by atoms with Crippen LogP contribution in [0.2, 0.25) is 0 Å². The normalized spacial score (nSPS) is 10.6. The lowest BCUT2D eigenvalue weighted by atomic mass is 9.94. The van der Waals surface area contributed by atoms with Crippen molar-refractivity contribution in [3.05, 3.63) is 120 Å². The number of nitrogens with zero attached hydrogens (tertiary/aromatic N) is 3. The summed E-state index contributed by atoms with van der Waals surface area (Å²) in [6.07, 6.45) is 3.71. The minimum atomic E-state index is -0.966. The predicted octanol–water partition coefficient (Wildman–Crippen LogP) is 5.49. The third kappa shape index (κ3) is 6.57. The molecule has 0 saturated heterocycles. The molecule has 0 saturated carbocycles. The molecule has 7 heteroatoms. The SMILES string of the molecule is Cc1ccccc1CCN(CCC(=O)O)C(=O)c1ccccc1-c1ccccc1C(=O)N(C)c1cccnc1. The number of carboxylic acids is 1. The Balaban J connectivity index is 1.68. The molecule has 3 aromatic carbocycles. The minimum Gasteiger partial charge on any atom is -0.481 e. The molecule has 4 rings (SSSR count). The molecule has 7 nitrogen and oxygen atoms in total. The molecule has 0 spiro atoms. The summed E-state index contributed by atoms with van der Waals surface area (Å²) in [4.78, 5) is 46.1. The molecule has 1 aromatic heterocycles. The summed E-state index contributed by atoms with van der Waals surface area (Å²) in [6.45, 7) is 2.47. The van der Waals surface area contributed by atoms with Gasteiger partial charge >= 0.3 is 5.97 Å². The Kier molecular flexibility index (Phi) is 8.84. The van der Waals surface area contributed by atoms with Crippen molar-refractivity contribution < 1.29 is 19.5 Å². The fraction of sp³-hybridized carbons (Fsp3) is 0.188. The lowest BCUT2D eigenvalue weighted by molar-refractivity contribution is -0.137. The van der Waals surface area contributed by atoms with Crippen LogP contribution in [0.15, 0.2) is 97.3 Å². The number of aromatic nitrogens is 1. The van der Waals surface area contributed by atoms with E-state index < -0.39 is 5.97 Å². The number of pyridine rings is 1. The fourth-order valence-corrected chi connectivity index (χ4v) is 4.52. The van der Waals surface area contributed by atoms with Crippen LogP contribution in [0.3, 0.4) is 0 Å². The van der Waals surface area contributed by atoms with Crippen LogP contribution in [0.25, 0.3) is 11.1 Å². The molecule has 4 aromatic rings. The molecule has 198 valence electrons. The van der Waals surface area contributed by atoms with Crippen molar-refractivity contribution in [3.63, 3.8) is 0 Å². The first-order valence-electron chi connectivity index (χ1n) is 12.8. The Bertz CT molecular complexity index is 1470. The molecule has 0 unspecified atom stereocenters. The van der Waals surface area contributed by atoms with Gasteiger partial charge < -0.3 is 14.9 Å². The highest BCUT2D eigenvalue weighted by Gasteiger charge is 2.24. The van der Waals surface area contributed by atoms with E-state index in [-0.39, 0.29) is 24.8 Å². The van der Waals surface area contributed by atoms with Gasteiger partial charge in [-0.3, -0.25) is 19.4 Å². The number of hydrogen-bond donors (Lipinski definition) is 1. The van der Waals surface area contributed by atoms with Crippen LogP contribution in [0.4, 0.5) is 5.69 Å². The summed E-state index contributed by atoms with van der Waals surface area (Å²) in [5.74, 6) is -1.47. The smallest absolute Gasteiger partial charge is 0.305 e. The average Bonchev–Trinajstić information content (AvgIpc) is 2.97. The highest BCUT2D eigenvalue weighted by atomic mass is 16.4. The molecular weight excluding hydrogens is 490 g/mol. The standard InChI is InChI=1S/C32H31N3O4/c1-23-10-3-4-11-24(23)17-20-35(21-18-30(36)37)32(39)29-16-8-6-14-27(29)26-13-5-7-15-28(26)31(38)34(2)25-12-9-19-33-22-25/h3-16,19,22H,17-18,20-21H2,1-2H3,(H,36,37). The Labute approximate surface area is 228 Å². The third-order valence-electron chi connectivity index (χ3n) is 6.74. The van der Waals surface area contributed by atoms with Crippen molar-refractivity contribution in [1.82, 2.24) is 9.88 Å². The van der Waals surface area contributed by atoms with E-state index in [1.54, 1.807) is 60.7 Å². The number of benzene rings is 3. The van der Waals surface area contributed by atoms with Crippen LogP contribution in [0.5, 0.6) is 0 Å². The maximum absolute atomic E-state index is 13.9. The van der Waals surface area contributed by atoms with Gasteiger partial charge in [0.05, 0.1) is 18.3 Å². The van der Waals surface area contributed by atoms with Crippen molar-refractivity contribution in [2.45, 2.75) is 19.8 Å². The Morgan fingerprint density at radius 3 is 2.00 bits per heavy atom. The van der Waals surface area contributed by atoms with E-state index in [0.717, 1.165) is 11.1 Å². The maximum atomic E-state index is 13.9. The first kappa shape index (κ1) is 27.3. The molecule has 0 fully saturated rings. The molecule has 0 radical (unpaired) electrons. The molecule has 0 bridgehead atoms. The number of carboxylic acid groups (broad SMARTS) is 1. The molecule has 0 aliphatic rings. The molecule has 0 aliphatic carbocycles. The van der Waals surface area contributed by atoms with Gasteiger partial charge in [0.1, 0.15) is 0 Å². The van der Waals surface area contributed by atoms with E-state index in [1.165, 1.54) is 4.90 Å². The third-order valence-corrected chi connectivity index (χ3v) is 6.74. The zero-order chi connectivity index (χ0) is 27.8. The van der Waals surface area contributed by atoms with Crippen LogP contribution >= 0.6 is 0 Å². The van der Waals surface area contributed by atoms with E-state index in [0.29, 0.717) is 40.9 Å². The topological polar surface area (TPSA) is 90.8 Å². The minimum absolute atomic E-state index is 0.0820. The number of carbonyl (C=O) groups is 3. The van der Waals surface area contributed by atoms with Crippen molar-refractivity contribution in [2.24, 2.45) is 0 Å².